The van der Waals surface area contributed by atoms with Crippen LogP contribution in [0, 0.1) is 0 Å². The van der Waals surface area contributed by atoms with Crippen LogP contribution in [0.4, 0.5) is 0 Å². The van der Waals surface area contributed by atoms with Gasteiger partial charge >= 0.3 is 11.9 Å². The summed E-state index contributed by atoms with van der Waals surface area (Å²) in [5.41, 5.74) is 0.994. The molecular weight excluding hydrogens is 340 g/mol. The van der Waals surface area contributed by atoms with Crippen molar-refractivity contribution in [3.05, 3.63) is 12.2 Å². The molecule has 0 fully saturated rings. The van der Waals surface area contributed by atoms with Crippen LogP contribution in [0.5, 0.6) is 0 Å². The molecule has 0 aromatic rings. The Kier molecular flexibility index (Phi) is 10.4. The normalized spacial score (nSPS) is 12.1. The van der Waals surface area contributed by atoms with Gasteiger partial charge in [0.1, 0.15) is 0 Å². The smallest absolute Gasteiger partial charge is 0.331 e. The largest absolute Gasteiger partial charge is 0.518 e. The van der Waals surface area contributed by atoms with Crippen LogP contribution in [0.15, 0.2) is 12.2 Å². The zero-order valence-corrected chi connectivity index (χ0v) is 17.5. The fraction of sp³-hybridized carbons (Fsp3) is 0.722. The van der Waals surface area contributed by atoms with Gasteiger partial charge < -0.3 is 13.9 Å². The van der Waals surface area contributed by atoms with E-state index in [9.17, 15) is 14.4 Å². The zero-order chi connectivity index (χ0) is 19.6. The molecule has 0 bridgehead atoms. The van der Waals surface area contributed by atoms with Gasteiger partial charge in [-0.1, -0.05) is 41.5 Å². The summed E-state index contributed by atoms with van der Waals surface area (Å²) in [5, 5.41) is 0. The van der Waals surface area contributed by atoms with E-state index in [2.05, 4.69) is 46.3 Å². The molecule has 0 spiro atoms. The molecule has 6 nitrogen and oxygen atoms in total. The highest BCUT2D eigenvalue weighted by molar-refractivity contribution is 6.78. The van der Waals surface area contributed by atoms with Gasteiger partial charge in [-0.15, -0.1) is 0 Å². The van der Waals surface area contributed by atoms with Crippen LogP contribution in [0.3, 0.4) is 0 Å². The number of methoxy groups -OCH3 is 1. The maximum absolute atomic E-state index is 12.3. The summed E-state index contributed by atoms with van der Waals surface area (Å²) in [4.78, 5) is 34.5. The summed E-state index contributed by atoms with van der Waals surface area (Å²) in [6.45, 7) is 12.8. The molecule has 144 valence electrons. The van der Waals surface area contributed by atoms with Crippen LogP contribution >= 0.6 is 0 Å². The van der Waals surface area contributed by atoms with Gasteiger partial charge in [-0.2, -0.15) is 0 Å². The van der Waals surface area contributed by atoms with Gasteiger partial charge in [-0.05, 0) is 23.0 Å². The number of hydrogen-bond acceptors (Lipinski definition) is 6. The van der Waals surface area contributed by atoms with Crippen molar-refractivity contribution in [1.82, 2.24) is 0 Å². The standard InChI is InChI=1S/C18H32O6Si/c1-13(2)25(14(3)4,15(5)6)24-18(21)9-8-12-23-17(20)11-10-16(19)22-7/h10-11,13-15H,8-9,12H2,1-7H3/b11-10-. The van der Waals surface area contributed by atoms with Crippen molar-refractivity contribution in [2.24, 2.45) is 0 Å². The predicted octanol–water partition coefficient (Wildman–Crippen LogP) is 3.76. The van der Waals surface area contributed by atoms with Gasteiger partial charge in [-0.3, -0.25) is 4.79 Å². The Labute approximate surface area is 152 Å². The third-order valence-electron chi connectivity index (χ3n) is 4.32. The van der Waals surface area contributed by atoms with E-state index in [-0.39, 0.29) is 19.0 Å². The van der Waals surface area contributed by atoms with E-state index in [0.717, 1.165) is 12.2 Å². The maximum atomic E-state index is 12.3. The Balaban J connectivity index is 4.45. The van der Waals surface area contributed by atoms with Crippen molar-refractivity contribution in [2.75, 3.05) is 13.7 Å². The summed E-state index contributed by atoms with van der Waals surface area (Å²) in [7, 11) is -1.00. The van der Waals surface area contributed by atoms with E-state index in [1.807, 2.05) is 0 Å². The molecule has 7 heteroatoms. The topological polar surface area (TPSA) is 78.9 Å². The first-order chi connectivity index (χ1) is 11.6. The van der Waals surface area contributed by atoms with Gasteiger partial charge in [0.15, 0.2) is 0 Å². The number of ether oxygens (including phenoxy) is 2. The third-order valence-corrected chi connectivity index (χ3v) is 10.3. The molecule has 25 heavy (non-hydrogen) atoms. The Bertz CT molecular complexity index is 460. The van der Waals surface area contributed by atoms with Gasteiger partial charge in [0.25, 0.3) is 14.3 Å². The first-order valence-electron chi connectivity index (χ1n) is 8.72. The lowest BCUT2D eigenvalue weighted by atomic mass is 10.3. The second-order valence-corrected chi connectivity index (χ2v) is 12.3. The third kappa shape index (κ3) is 7.42. The van der Waals surface area contributed by atoms with E-state index < -0.39 is 20.3 Å². The predicted molar refractivity (Wildman–Crippen MR) is 98.5 cm³/mol. The van der Waals surface area contributed by atoms with Gasteiger partial charge in [-0.25, -0.2) is 9.59 Å². The molecule has 0 amide bonds. The number of esters is 2. The summed E-state index contributed by atoms with van der Waals surface area (Å²) in [6.07, 6.45) is 2.58. The van der Waals surface area contributed by atoms with Gasteiger partial charge in [0, 0.05) is 18.6 Å². The molecule has 0 heterocycles. The van der Waals surface area contributed by atoms with Gasteiger partial charge in [0.2, 0.25) is 0 Å². The van der Waals surface area contributed by atoms with Crippen molar-refractivity contribution < 1.29 is 28.3 Å². The van der Waals surface area contributed by atoms with Crippen LogP contribution in [0.1, 0.15) is 54.4 Å². The molecule has 0 saturated heterocycles. The highest BCUT2D eigenvalue weighted by Crippen LogP contribution is 2.42. The minimum absolute atomic E-state index is 0.0963. The van der Waals surface area contributed by atoms with Crippen LogP contribution in [0.25, 0.3) is 0 Å². The van der Waals surface area contributed by atoms with E-state index in [4.69, 9.17) is 9.16 Å². The molecule has 0 radical (unpaired) electrons. The number of rotatable bonds is 10. The molecule has 0 atom stereocenters. The van der Waals surface area contributed by atoms with Gasteiger partial charge in [0.05, 0.1) is 13.7 Å². The fourth-order valence-electron chi connectivity index (χ4n) is 3.24. The van der Waals surface area contributed by atoms with Crippen molar-refractivity contribution in [2.45, 2.75) is 71.0 Å². The molecular formula is C18H32O6Si. The van der Waals surface area contributed by atoms with Crippen molar-refractivity contribution in [3.63, 3.8) is 0 Å². The SMILES string of the molecule is COC(=O)/C=C\C(=O)OCCCC(=O)O[Si](C(C)C)(C(C)C)C(C)C. The lowest BCUT2D eigenvalue weighted by molar-refractivity contribution is -0.141. The highest BCUT2D eigenvalue weighted by Gasteiger charge is 2.47. The first kappa shape index (κ1) is 23.4. The van der Waals surface area contributed by atoms with E-state index in [1.165, 1.54) is 7.11 Å². The Morgan fingerprint density at radius 3 is 1.80 bits per heavy atom. The summed E-state index contributed by atoms with van der Waals surface area (Å²) in [6, 6.07) is 0. The Morgan fingerprint density at radius 1 is 0.880 bits per heavy atom. The van der Waals surface area contributed by atoms with E-state index in [1.54, 1.807) is 0 Å². The highest BCUT2D eigenvalue weighted by atomic mass is 28.4. The Hall–Kier alpha value is -1.63. The minimum atomic E-state index is -2.22. The molecule has 0 aliphatic rings. The number of carbonyl (C=O) groups excluding carboxylic acids is 3. The van der Waals surface area contributed by atoms with Crippen LogP contribution in [-0.2, 0) is 28.3 Å². The van der Waals surface area contributed by atoms with Crippen molar-refractivity contribution >= 4 is 26.2 Å². The quantitative estimate of drug-likeness (QED) is 0.251. The summed E-state index contributed by atoms with van der Waals surface area (Å²) in [5.74, 6) is -1.50. The second-order valence-electron chi connectivity index (χ2n) is 6.92. The summed E-state index contributed by atoms with van der Waals surface area (Å²) >= 11 is 0. The lowest BCUT2D eigenvalue weighted by Crippen LogP contribution is -2.49. The first-order valence-corrected chi connectivity index (χ1v) is 10.9. The minimum Gasteiger partial charge on any atom is -0.518 e. The Morgan fingerprint density at radius 2 is 1.36 bits per heavy atom. The zero-order valence-electron chi connectivity index (χ0n) is 16.5. The number of hydrogen-bond donors (Lipinski definition) is 0. The molecule has 0 saturated carbocycles. The van der Waals surface area contributed by atoms with Crippen LogP contribution in [0.2, 0.25) is 16.6 Å². The average Bonchev–Trinajstić information content (AvgIpc) is 2.53. The number of carbonyl (C=O) groups is 3. The lowest BCUT2D eigenvalue weighted by Gasteiger charge is -2.41. The molecule has 0 unspecified atom stereocenters. The maximum Gasteiger partial charge on any atom is 0.331 e. The molecule has 0 rings (SSSR count). The van der Waals surface area contributed by atoms with Crippen LogP contribution < -0.4 is 0 Å². The molecule has 0 aromatic carbocycles. The summed E-state index contributed by atoms with van der Waals surface area (Å²) < 4.78 is 15.3. The van der Waals surface area contributed by atoms with Crippen molar-refractivity contribution in [3.8, 4) is 0 Å². The molecule has 0 N–H and O–H groups in total. The van der Waals surface area contributed by atoms with Crippen molar-refractivity contribution in [1.29, 1.82) is 0 Å². The fourth-order valence-corrected chi connectivity index (χ4v) is 8.45. The second kappa shape index (κ2) is 11.1. The molecule has 0 aliphatic carbocycles. The monoisotopic (exact) mass is 372 g/mol. The van der Waals surface area contributed by atoms with Crippen LogP contribution in [-0.4, -0.2) is 39.9 Å². The molecule has 0 aromatic heterocycles. The van der Waals surface area contributed by atoms with E-state index >= 15 is 0 Å². The molecule has 0 aliphatic heterocycles. The van der Waals surface area contributed by atoms with E-state index in [0.29, 0.717) is 23.0 Å². The average molecular weight is 373 g/mol.